The number of amides is 1. The molecule has 1 N–H and O–H groups in total. The van der Waals surface area contributed by atoms with Crippen molar-refractivity contribution >= 4 is 26.1 Å². The van der Waals surface area contributed by atoms with Gasteiger partial charge in [0.25, 0.3) is 0 Å². The molecule has 0 heterocycles. The molecule has 0 fully saturated rings. The van der Waals surface area contributed by atoms with E-state index >= 15 is 8.78 Å². The molecule has 2 rings (SSSR count). The van der Waals surface area contributed by atoms with Gasteiger partial charge in [-0.3, -0.25) is 5.32 Å². The number of rotatable bonds is 25. The van der Waals surface area contributed by atoms with Crippen LogP contribution in [0.3, 0.4) is 0 Å². The molecule has 0 bridgehead atoms. The van der Waals surface area contributed by atoms with Crippen molar-refractivity contribution in [1.82, 2.24) is 0 Å². The maximum atomic E-state index is 15.0. The van der Waals surface area contributed by atoms with Gasteiger partial charge in [-0.15, -0.1) is 0 Å². The Morgan fingerprint density at radius 2 is 1.22 bits per heavy atom. The highest BCUT2D eigenvalue weighted by Gasteiger charge is 2.95. The van der Waals surface area contributed by atoms with Crippen molar-refractivity contribution in [2.75, 3.05) is 25.1 Å². The third-order valence-corrected chi connectivity index (χ3v) is 16.2. The van der Waals surface area contributed by atoms with Gasteiger partial charge in [0.05, 0.1) is 12.3 Å². The molecule has 27 heteroatoms. The van der Waals surface area contributed by atoms with E-state index in [1.807, 2.05) is 0 Å². The zero-order valence-corrected chi connectivity index (χ0v) is 37.2. The topological polar surface area (TPSA) is 83.1 Å². The normalized spacial score (nSPS) is 14.9. The molecule has 386 valence electrons. The molecule has 0 unspecified atom stereocenters. The fourth-order valence-corrected chi connectivity index (χ4v) is 11.0. The summed E-state index contributed by atoms with van der Waals surface area (Å²) in [5, 5.41) is 2.13. The average molecular weight is 1040 g/mol. The van der Waals surface area contributed by atoms with Gasteiger partial charge in [0.15, 0.2) is 8.32 Å². The summed E-state index contributed by atoms with van der Waals surface area (Å²) in [6.07, 6.45) is -8.87. The number of hydrogen-bond acceptors (Lipinski definition) is 6. The van der Waals surface area contributed by atoms with Crippen LogP contribution in [-0.2, 0) is 18.7 Å². The maximum Gasteiger partial charge on any atom is 0.460 e. The van der Waals surface area contributed by atoms with Crippen molar-refractivity contribution in [3.8, 4) is 5.75 Å². The summed E-state index contributed by atoms with van der Waals surface area (Å²) < 4.78 is 285. The van der Waals surface area contributed by atoms with E-state index in [4.69, 9.17) is 18.6 Å². The molecule has 0 aliphatic heterocycles. The van der Waals surface area contributed by atoms with Crippen LogP contribution in [0.5, 0.6) is 5.75 Å². The fraction of sp³-hybridized carbons (Fsp3) is 0.561. The number of carbonyl (C=O) groups is 2. The Labute approximate surface area is 377 Å². The predicted octanol–water partition coefficient (Wildman–Crippen LogP) is 14.1. The van der Waals surface area contributed by atoms with Gasteiger partial charge in [-0.25, -0.2) is 18.4 Å². The standard InChI is InChI=1S/C41H44F19NO6Si/c1-7-18-65-31(62)10-8-9-25(6)32(67-33(63)61-30-16-13-27(42)22-29(30)43)26-11-14-28(15-12-26)64-19-20-66-68(23(2)3,24(4)5)21-17-34(44,45)35(46,47)36(48,49)37(50,51)38(52,53)39(54,55)40(56,57)41(58,59)60/h7-8,10-16,22-25,32H,1,9,17-21H2,2-6H3,(H,61,63)/b10-8+/t25-,32+/m0/s1. The van der Waals surface area contributed by atoms with E-state index in [0.717, 1.165) is 18.2 Å². The van der Waals surface area contributed by atoms with Crippen LogP contribution in [0.2, 0.25) is 17.1 Å². The Kier molecular flexibility index (Phi) is 19.2. The first-order valence-corrected chi connectivity index (χ1v) is 22.0. The lowest BCUT2D eigenvalue weighted by atomic mass is 9.88. The fourth-order valence-electron chi connectivity index (χ4n) is 6.55. The summed E-state index contributed by atoms with van der Waals surface area (Å²) in [6, 6.07) is 6.32. The number of nitrogens with one attached hydrogen (secondary N) is 1. The first-order chi connectivity index (χ1) is 30.8. The summed E-state index contributed by atoms with van der Waals surface area (Å²) in [5.41, 5.74) is -2.01. The molecule has 7 nitrogen and oxygen atoms in total. The monoisotopic (exact) mass is 1040 g/mol. The molecule has 2 atom stereocenters. The zero-order valence-electron chi connectivity index (χ0n) is 36.2. The van der Waals surface area contributed by atoms with Crippen LogP contribution in [0.4, 0.5) is 93.9 Å². The maximum absolute atomic E-state index is 15.0. The largest absolute Gasteiger partial charge is 0.491 e. The van der Waals surface area contributed by atoms with Gasteiger partial charge in [0, 0.05) is 24.5 Å². The van der Waals surface area contributed by atoms with Gasteiger partial charge in [-0.2, -0.15) is 74.6 Å². The van der Waals surface area contributed by atoms with Crippen molar-refractivity contribution in [3.63, 3.8) is 0 Å². The highest BCUT2D eigenvalue weighted by Crippen LogP contribution is 2.64. The number of alkyl halides is 17. The Morgan fingerprint density at radius 1 is 0.706 bits per heavy atom. The van der Waals surface area contributed by atoms with Crippen molar-refractivity contribution in [1.29, 1.82) is 0 Å². The minimum absolute atomic E-state index is 0.0394. The van der Waals surface area contributed by atoms with E-state index in [0.29, 0.717) is 6.07 Å². The minimum Gasteiger partial charge on any atom is -0.491 e. The zero-order chi connectivity index (χ0) is 52.7. The SMILES string of the molecule is C=CCOC(=O)/C=C/C[C@H](C)[C@@H](OC(=O)Nc1ccc(F)cc1F)c1ccc(OCCO[Si](CCC(F)(F)C(F)(F)C(F)(F)C(F)(F)C(F)(F)C(F)(F)C(F)(F)C(F)(F)F)(C(C)C)C(C)C)cc1. The molecule has 0 radical (unpaired) electrons. The molecule has 0 aromatic heterocycles. The van der Waals surface area contributed by atoms with E-state index in [1.54, 1.807) is 6.92 Å². The second-order valence-corrected chi connectivity index (χ2v) is 20.8. The molecule has 0 saturated carbocycles. The number of hydrogen-bond donors (Lipinski definition) is 1. The number of carbonyl (C=O) groups excluding carboxylic acids is 2. The van der Waals surface area contributed by atoms with E-state index < -0.39 is 134 Å². The van der Waals surface area contributed by atoms with E-state index in [9.17, 15) is 84.2 Å². The van der Waals surface area contributed by atoms with Crippen LogP contribution in [0.15, 0.2) is 67.3 Å². The summed E-state index contributed by atoms with van der Waals surface area (Å²) in [5.74, 6) is -60.4. The summed E-state index contributed by atoms with van der Waals surface area (Å²) in [4.78, 5) is 24.7. The summed E-state index contributed by atoms with van der Waals surface area (Å²) >= 11 is 0. The molecule has 0 aliphatic carbocycles. The molecular weight excluding hydrogens is 992 g/mol. The first kappa shape index (κ1) is 59.4. The third kappa shape index (κ3) is 12.4. The van der Waals surface area contributed by atoms with E-state index in [-0.39, 0.29) is 24.3 Å². The van der Waals surface area contributed by atoms with Gasteiger partial charge in [0.1, 0.15) is 36.7 Å². The second kappa shape index (κ2) is 21.9. The first-order valence-electron chi connectivity index (χ1n) is 19.8. The van der Waals surface area contributed by atoms with Gasteiger partial charge in [-0.05, 0) is 53.4 Å². The van der Waals surface area contributed by atoms with Crippen LogP contribution < -0.4 is 10.1 Å². The molecule has 2 aromatic carbocycles. The number of allylic oxidation sites excluding steroid dienone is 1. The molecule has 0 spiro atoms. The average Bonchev–Trinajstić information content (AvgIpc) is 3.21. The summed E-state index contributed by atoms with van der Waals surface area (Å²) in [6.45, 7) is 9.00. The number of esters is 1. The smallest absolute Gasteiger partial charge is 0.460 e. The van der Waals surface area contributed by atoms with Gasteiger partial charge >= 0.3 is 59.7 Å². The second-order valence-electron chi connectivity index (χ2n) is 15.8. The third-order valence-electron chi connectivity index (χ3n) is 10.5. The highest BCUT2D eigenvalue weighted by molar-refractivity contribution is 6.76. The van der Waals surface area contributed by atoms with Crippen LogP contribution in [-0.4, -0.2) is 87.8 Å². The van der Waals surface area contributed by atoms with Gasteiger partial charge in [-0.1, -0.05) is 65.5 Å². The Balaban J connectivity index is 2.31. The number of halogens is 19. The molecular formula is C41H44F19NO6Si. The van der Waals surface area contributed by atoms with Crippen molar-refractivity contribution in [3.05, 3.63) is 84.5 Å². The van der Waals surface area contributed by atoms with Gasteiger partial charge in [0.2, 0.25) is 0 Å². The van der Waals surface area contributed by atoms with E-state index in [1.165, 1.54) is 64.1 Å². The lowest BCUT2D eigenvalue weighted by Crippen LogP contribution is -2.74. The number of anilines is 1. The van der Waals surface area contributed by atoms with Crippen LogP contribution in [0.25, 0.3) is 0 Å². The Morgan fingerprint density at radius 3 is 1.71 bits per heavy atom. The lowest BCUT2D eigenvalue weighted by Gasteiger charge is -2.44. The number of benzene rings is 2. The lowest BCUT2D eigenvalue weighted by molar-refractivity contribution is -0.461. The number of ether oxygens (including phenoxy) is 3. The quantitative estimate of drug-likeness (QED) is 0.0266. The predicted molar refractivity (Wildman–Crippen MR) is 207 cm³/mol. The molecule has 1 amide bonds. The highest BCUT2D eigenvalue weighted by atomic mass is 28.4. The van der Waals surface area contributed by atoms with Crippen LogP contribution >= 0.6 is 0 Å². The Bertz CT molecular complexity index is 2040. The molecule has 68 heavy (non-hydrogen) atoms. The van der Waals surface area contributed by atoms with Crippen molar-refractivity contribution in [2.24, 2.45) is 5.92 Å². The van der Waals surface area contributed by atoms with Crippen molar-refractivity contribution < 1.29 is 112 Å². The molecule has 2 aromatic rings. The van der Waals surface area contributed by atoms with Crippen molar-refractivity contribution in [2.45, 2.75) is 118 Å². The Hall–Kier alpha value is -4.69. The van der Waals surface area contributed by atoms with Crippen LogP contribution in [0.1, 0.15) is 59.1 Å². The molecule has 0 aliphatic rings. The molecule has 0 saturated heterocycles. The van der Waals surface area contributed by atoms with E-state index in [2.05, 4.69) is 11.9 Å². The van der Waals surface area contributed by atoms with Crippen LogP contribution in [0, 0.1) is 17.6 Å². The van der Waals surface area contributed by atoms with Gasteiger partial charge < -0.3 is 18.6 Å². The minimum atomic E-state index is -8.72. The summed E-state index contributed by atoms with van der Waals surface area (Å²) in [7, 11) is -4.06.